The quantitative estimate of drug-likeness (QED) is 0.793. The Kier molecular flexibility index (Phi) is 7.06. The zero-order valence-electron chi connectivity index (χ0n) is 13.5. The number of likely N-dealkylation sites (N-methyl/N-ethyl adjacent to an activating group) is 1. The van der Waals surface area contributed by atoms with Gasteiger partial charge in [-0.05, 0) is 19.9 Å². The third kappa shape index (κ3) is 4.06. The van der Waals surface area contributed by atoms with Crippen molar-refractivity contribution < 1.29 is 22.4 Å². The molecule has 1 aromatic heterocycles. The van der Waals surface area contributed by atoms with Gasteiger partial charge in [0.1, 0.15) is 10.7 Å². The van der Waals surface area contributed by atoms with Crippen molar-refractivity contribution in [3.05, 3.63) is 17.6 Å². The van der Waals surface area contributed by atoms with E-state index in [1.165, 1.54) is 17.5 Å². The van der Waals surface area contributed by atoms with Crippen LogP contribution in [0.2, 0.25) is 0 Å². The molecule has 2 rings (SSSR count). The standard InChI is InChI=1S/C14H22N2O5S.ClH/c1-4-11-13(8-12(21-11)14(17)20-3)22(18,19)16-7-5-6-10(9-16)15-2;/h8,10,15H,4-7,9H2,1-3H3;1H. The molecule has 23 heavy (non-hydrogen) atoms. The van der Waals surface area contributed by atoms with E-state index >= 15 is 0 Å². The van der Waals surface area contributed by atoms with Gasteiger partial charge >= 0.3 is 5.97 Å². The zero-order valence-corrected chi connectivity index (χ0v) is 15.1. The Labute approximate surface area is 142 Å². The highest BCUT2D eigenvalue weighted by atomic mass is 35.5. The van der Waals surface area contributed by atoms with Crippen LogP contribution in [0.25, 0.3) is 0 Å². The van der Waals surface area contributed by atoms with Crippen molar-refractivity contribution in [2.45, 2.75) is 37.1 Å². The first-order valence-corrected chi connectivity index (χ1v) is 8.76. The largest absolute Gasteiger partial charge is 0.463 e. The fourth-order valence-corrected chi connectivity index (χ4v) is 4.37. The van der Waals surface area contributed by atoms with Crippen LogP contribution < -0.4 is 5.32 Å². The lowest BCUT2D eigenvalue weighted by atomic mass is 10.1. The fourth-order valence-electron chi connectivity index (χ4n) is 2.61. The molecule has 0 bridgehead atoms. The first-order valence-electron chi connectivity index (χ1n) is 7.32. The Bertz CT molecular complexity index is 644. The molecule has 0 aliphatic carbocycles. The molecular weight excluding hydrogens is 344 g/mol. The van der Waals surface area contributed by atoms with Crippen molar-refractivity contribution in [3.63, 3.8) is 0 Å². The monoisotopic (exact) mass is 366 g/mol. The summed E-state index contributed by atoms with van der Waals surface area (Å²) in [6.07, 6.45) is 2.13. The van der Waals surface area contributed by atoms with Gasteiger partial charge in [-0.3, -0.25) is 0 Å². The first kappa shape index (κ1) is 20.0. The summed E-state index contributed by atoms with van der Waals surface area (Å²) in [6.45, 7) is 2.68. The molecule has 0 radical (unpaired) electrons. The number of nitrogens with one attached hydrogen (secondary N) is 1. The van der Waals surface area contributed by atoms with E-state index in [9.17, 15) is 13.2 Å². The summed E-state index contributed by atoms with van der Waals surface area (Å²) in [5, 5.41) is 3.11. The highest BCUT2D eigenvalue weighted by Crippen LogP contribution is 2.27. The molecule has 2 heterocycles. The molecule has 1 aliphatic rings. The van der Waals surface area contributed by atoms with Gasteiger partial charge in [-0.15, -0.1) is 12.4 Å². The van der Waals surface area contributed by atoms with E-state index in [2.05, 4.69) is 10.1 Å². The number of hydrogen-bond donors (Lipinski definition) is 1. The third-order valence-electron chi connectivity index (χ3n) is 3.89. The van der Waals surface area contributed by atoms with Crippen molar-refractivity contribution in [1.82, 2.24) is 9.62 Å². The summed E-state index contributed by atoms with van der Waals surface area (Å²) in [6, 6.07) is 1.41. The Hall–Kier alpha value is -1.09. The van der Waals surface area contributed by atoms with Gasteiger partial charge in [-0.1, -0.05) is 6.92 Å². The smallest absolute Gasteiger partial charge is 0.373 e. The second kappa shape index (κ2) is 8.14. The minimum atomic E-state index is -3.68. The van der Waals surface area contributed by atoms with Crippen LogP contribution in [0.3, 0.4) is 0 Å². The van der Waals surface area contributed by atoms with Crippen LogP contribution in [0.4, 0.5) is 0 Å². The molecule has 7 nitrogen and oxygen atoms in total. The van der Waals surface area contributed by atoms with Crippen LogP contribution in [0.1, 0.15) is 36.1 Å². The van der Waals surface area contributed by atoms with E-state index in [1.807, 2.05) is 7.05 Å². The van der Waals surface area contributed by atoms with Gasteiger partial charge in [-0.25, -0.2) is 13.2 Å². The highest BCUT2D eigenvalue weighted by molar-refractivity contribution is 7.89. The van der Waals surface area contributed by atoms with Crippen LogP contribution in [0.5, 0.6) is 0 Å². The lowest BCUT2D eigenvalue weighted by molar-refractivity contribution is 0.0563. The molecule has 0 aromatic carbocycles. The van der Waals surface area contributed by atoms with E-state index < -0.39 is 16.0 Å². The Morgan fingerprint density at radius 3 is 2.78 bits per heavy atom. The molecular formula is C14H23ClN2O5S. The Morgan fingerprint density at radius 2 is 2.22 bits per heavy atom. The predicted molar refractivity (Wildman–Crippen MR) is 87.5 cm³/mol. The van der Waals surface area contributed by atoms with E-state index in [0.717, 1.165) is 12.8 Å². The molecule has 1 aliphatic heterocycles. The maximum atomic E-state index is 12.8. The molecule has 1 saturated heterocycles. The van der Waals surface area contributed by atoms with Gasteiger partial charge in [0.15, 0.2) is 0 Å². The van der Waals surface area contributed by atoms with Crippen molar-refractivity contribution in [1.29, 1.82) is 0 Å². The topological polar surface area (TPSA) is 88.8 Å². The molecule has 0 amide bonds. The van der Waals surface area contributed by atoms with Gasteiger partial charge in [0.2, 0.25) is 15.8 Å². The Balaban J connectivity index is 0.00000264. The lowest BCUT2D eigenvalue weighted by Gasteiger charge is -2.31. The molecule has 1 aromatic rings. The normalized spacial score (nSPS) is 19.2. The fraction of sp³-hybridized carbons (Fsp3) is 0.643. The van der Waals surface area contributed by atoms with Crippen molar-refractivity contribution in [2.75, 3.05) is 27.2 Å². The number of aryl methyl sites for hydroxylation is 1. The lowest BCUT2D eigenvalue weighted by Crippen LogP contribution is -2.46. The van der Waals surface area contributed by atoms with Crippen LogP contribution in [0.15, 0.2) is 15.4 Å². The number of methoxy groups -OCH3 is 1. The summed E-state index contributed by atoms with van der Waals surface area (Å²) in [4.78, 5) is 11.6. The summed E-state index contributed by atoms with van der Waals surface area (Å²) >= 11 is 0. The van der Waals surface area contributed by atoms with Gasteiger partial charge in [0.05, 0.1) is 7.11 Å². The minimum absolute atomic E-state index is 0. The SMILES string of the molecule is CCc1oc(C(=O)OC)cc1S(=O)(=O)N1CCCC(NC)C1.Cl. The second-order valence-corrected chi connectivity index (χ2v) is 7.14. The number of sulfonamides is 1. The molecule has 1 atom stereocenters. The molecule has 0 spiro atoms. The highest BCUT2D eigenvalue weighted by Gasteiger charge is 2.34. The van der Waals surface area contributed by atoms with E-state index in [-0.39, 0.29) is 34.9 Å². The average Bonchev–Trinajstić information content (AvgIpc) is 2.99. The average molecular weight is 367 g/mol. The van der Waals surface area contributed by atoms with E-state index in [4.69, 9.17) is 4.42 Å². The number of ether oxygens (including phenoxy) is 1. The zero-order chi connectivity index (χ0) is 16.3. The first-order chi connectivity index (χ1) is 10.4. The summed E-state index contributed by atoms with van der Waals surface area (Å²) < 4.78 is 37.1. The number of furan rings is 1. The molecule has 132 valence electrons. The number of esters is 1. The molecule has 1 N–H and O–H groups in total. The van der Waals surface area contributed by atoms with Crippen molar-refractivity contribution in [3.8, 4) is 0 Å². The van der Waals surface area contributed by atoms with Gasteiger partial charge in [0.25, 0.3) is 0 Å². The van der Waals surface area contributed by atoms with E-state index in [0.29, 0.717) is 19.5 Å². The summed E-state index contributed by atoms with van der Waals surface area (Å²) in [7, 11) is -0.623. The number of halogens is 1. The predicted octanol–water partition coefficient (Wildman–Crippen LogP) is 1.42. The number of piperidine rings is 1. The Morgan fingerprint density at radius 1 is 1.52 bits per heavy atom. The maximum Gasteiger partial charge on any atom is 0.373 e. The number of hydrogen-bond acceptors (Lipinski definition) is 6. The third-order valence-corrected chi connectivity index (χ3v) is 5.80. The molecule has 0 saturated carbocycles. The number of carbonyl (C=O) groups is 1. The van der Waals surface area contributed by atoms with Crippen LogP contribution in [0, 0.1) is 0 Å². The molecule has 1 unspecified atom stereocenters. The number of rotatable bonds is 5. The molecule has 9 heteroatoms. The number of nitrogens with zero attached hydrogens (tertiary/aromatic N) is 1. The maximum absolute atomic E-state index is 12.8. The van der Waals surface area contributed by atoms with Gasteiger partial charge in [0, 0.05) is 31.6 Å². The van der Waals surface area contributed by atoms with Crippen LogP contribution >= 0.6 is 12.4 Å². The van der Waals surface area contributed by atoms with Crippen LogP contribution in [-0.2, 0) is 21.2 Å². The minimum Gasteiger partial charge on any atom is -0.463 e. The summed E-state index contributed by atoms with van der Waals surface area (Å²) in [5.74, 6) is -0.477. The van der Waals surface area contributed by atoms with Gasteiger partial charge in [-0.2, -0.15) is 4.31 Å². The van der Waals surface area contributed by atoms with Crippen molar-refractivity contribution >= 4 is 28.4 Å². The number of carbonyl (C=O) groups excluding carboxylic acids is 1. The summed E-state index contributed by atoms with van der Waals surface area (Å²) in [5.41, 5.74) is 0. The van der Waals surface area contributed by atoms with Gasteiger partial charge < -0.3 is 14.5 Å². The van der Waals surface area contributed by atoms with Crippen molar-refractivity contribution in [2.24, 2.45) is 0 Å². The molecule has 1 fully saturated rings. The van der Waals surface area contributed by atoms with Crippen LogP contribution in [-0.4, -0.2) is 52.0 Å². The van der Waals surface area contributed by atoms with E-state index in [1.54, 1.807) is 6.92 Å². The second-order valence-electron chi connectivity index (χ2n) is 5.23.